The lowest BCUT2D eigenvalue weighted by molar-refractivity contribution is -0.116. The fourth-order valence-corrected chi connectivity index (χ4v) is 3.36. The Kier molecular flexibility index (Phi) is 4.65. The summed E-state index contributed by atoms with van der Waals surface area (Å²) in [6, 6.07) is 7.20. The molecule has 122 valence electrons. The maximum absolute atomic E-state index is 12.3. The number of fused-ring (bicyclic) bond motifs is 1. The molecule has 5 heteroatoms. The Hall–Kier alpha value is -2.30. The van der Waals surface area contributed by atoms with Gasteiger partial charge in [-0.2, -0.15) is 0 Å². The second kappa shape index (κ2) is 6.86. The molecule has 0 saturated heterocycles. The lowest BCUT2D eigenvalue weighted by Gasteiger charge is -2.20. The Balaban J connectivity index is 1.71. The topological polar surface area (TPSA) is 85.3 Å². The predicted molar refractivity (Wildman–Crippen MR) is 89.2 cm³/mol. The molecular weight excluding hydrogens is 292 g/mol. The number of rotatable bonds is 5. The van der Waals surface area contributed by atoms with Gasteiger partial charge in [-0.3, -0.25) is 9.59 Å². The van der Waals surface area contributed by atoms with Gasteiger partial charge in [0.25, 0.3) is 5.91 Å². The van der Waals surface area contributed by atoms with Gasteiger partial charge in [-0.05, 0) is 24.5 Å². The number of amides is 2. The van der Waals surface area contributed by atoms with Crippen molar-refractivity contribution in [3.8, 4) is 0 Å². The summed E-state index contributed by atoms with van der Waals surface area (Å²) in [6.45, 7) is 0. The Morgan fingerprint density at radius 2 is 1.91 bits per heavy atom. The minimum atomic E-state index is -0.677. The van der Waals surface area contributed by atoms with Crippen LogP contribution in [0.1, 0.15) is 55.5 Å². The second-order valence-electron chi connectivity index (χ2n) is 6.26. The number of nitrogens with two attached hydrogens (primary N) is 1. The van der Waals surface area contributed by atoms with Crippen LogP contribution in [0.3, 0.4) is 0 Å². The fourth-order valence-electron chi connectivity index (χ4n) is 3.36. The first kappa shape index (κ1) is 15.6. The molecule has 3 rings (SSSR count). The van der Waals surface area contributed by atoms with Gasteiger partial charge in [0.15, 0.2) is 0 Å². The molecule has 0 atom stereocenters. The van der Waals surface area contributed by atoms with Gasteiger partial charge in [-0.1, -0.05) is 44.2 Å². The molecule has 1 saturated carbocycles. The molecule has 0 unspecified atom stereocenters. The van der Waals surface area contributed by atoms with E-state index in [0.717, 1.165) is 6.42 Å². The molecule has 2 amide bonds. The molecule has 0 aliphatic heterocycles. The van der Waals surface area contributed by atoms with E-state index in [4.69, 9.17) is 10.2 Å². The van der Waals surface area contributed by atoms with Crippen molar-refractivity contribution in [1.82, 2.24) is 0 Å². The van der Waals surface area contributed by atoms with Gasteiger partial charge in [0.2, 0.25) is 11.7 Å². The van der Waals surface area contributed by atoms with E-state index in [0.29, 0.717) is 29.0 Å². The molecule has 1 heterocycles. The maximum atomic E-state index is 12.3. The molecule has 2 aromatic rings. The number of carbonyl (C=O) groups excluding carboxylic acids is 2. The zero-order valence-electron chi connectivity index (χ0n) is 13.1. The highest BCUT2D eigenvalue weighted by Gasteiger charge is 2.21. The second-order valence-corrected chi connectivity index (χ2v) is 6.26. The molecular formula is C18H22N2O3. The Labute approximate surface area is 135 Å². The fraction of sp³-hybridized carbons (Fsp3) is 0.444. The molecule has 0 bridgehead atoms. The number of anilines is 1. The molecule has 1 aliphatic rings. The minimum absolute atomic E-state index is 0.0113. The van der Waals surface area contributed by atoms with Gasteiger partial charge < -0.3 is 15.5 Å². The van der Waals surface area contributed by atoms with E-state index in [1.165, 1.54) is 32.1 Å². The first-order valence-electron chi connectivity index (χ1n) is 8.26. The highest BCUT2D eigenvalue weighted by Crippen LogP contribution is 2.31. The summed E-state index contributed by atoms with van der Waals surface area (Å²) in [5.41, 5.74) is 6.30. The van der Waals surface area contributed by atoms with Crippen molar-refractivity contribution in [1.29, 1.82) is 0 Å². The minimum Gasteiger partial charge on any atom is -0.449 e. The Morgan fingerprint density at radius 3 is 2.65 bits per heavy atom. The van der Waals surface area contributed by atoms with Gasteiger partial charge in [0.1, 0.15) is 11.3 Å². The van der Waals surface area contributed by atoms with Crippen molar-refractivity contribution >= 4 is 28.5 Å². The third-order valence-corrected chi connectivity index (χ3v) is 4.59. The summed E-state index contributed by atoms with van der Waals surface area (Å²) in [7, 11) is 0. The molecule has 1 aliphatic carbocycles. The van der Waals surface area contributed by atoms with Crippen LogP contribution in [-0.2, 0) is 4.79 Å². The Bertz CT molecular complexity index is 714. The number of para-hydroxylation sites is 1. The van der Waals surface area contributed by atoms with E-state index in [9.17, 15) is 9.59 Å². The van der Waals surface area contributed by atoms with Crippen LogP contribution in [0.2, 0.25) is 0 Å². The lowest BCUT2D eigenvalue weighted by Crippen LogP contribution is -2.18. The molecule has 3 N–H and O–H groups in total. The molecule has 1 aromatic carbocycles. The van der Waals surface area contributed by atoms with E-state index < -0.39 is 5.91 Å². The summed E-state index contributed by atoms with van der Waals surface area (Å²) >= 11 is 0. The number of nitrogens with one attached hydrogen (secondary N) is 1. The largest absolute Gasteiger partial charge is 0.449 e. The van der Waals surface area contributed by atoms with Crippen molar-refractivity contribution in [2.75, 3.05) is 5.32 Å². The van der Waals surface area contributed by atoms with E-state index >= 15 is 0 Å². The monoisotopic (exact) mass is 314 g/mol. The van der Waals surface area contributed by atoms with Crippen molar-refractivity contribution in [2.45, 2.75) is 44.9 Å². The quantitative estimate of drug-likeness (QED) is 0.879. The SMILES string of the molecule is NC(=O)c1oc2ccccc2c1NC(=O)CCC1CCCCC1. The molecule has 1 fully saturated rings. The maximum Gasteiger partial charge on any atom is 0.286 e. The number of benzene rings is 1. The van der Waals surface area contributed by atoms with Crippen LogP contribution in [0.15, 0.2) is 28.7 Å². The summed E-state index contributed by atoms with van der Waals surface area (Å²) in [5.74, 6) is -0.114. The van der Waals surface area contributed by atoms with E-state index in [1.54, 1.807) is 6.07 Å². The van der Waals surface area contributed by atoms with Crippen LogP contribution in [0.25, 0.3) is 11.0 Å². The van der Waals surface area contributed by atoms with Crippen molar-refractivity contribution < 1.29 is 14.0 Å². The van der Waals surface area contributed by atoms with Crippen LogP contribution in [0.5, 0.6) is 0 Å². The third-order valence-electron chi connectivity index (χ3n) is 4.59. The zero-order chi connectivity index (χ0) is 16.2. The summed E-state index contributed by atoms with van der Waals surface area (Å²) in [4.78, 5) is 23.8. The van der Waals surface area contributed by atoms with Crippen LogP contribution < -0.4 is 11.1 Å². The highest BCUT2D eigenvalue weighted by atomic mass is 16.3. The molecule has 23 heavy (non-hydrogen) atoms. The number of carbonyl (C=O) groups is 2. The van der Waals surface area contributed by atoms with E-state index in [1.807, 2.05) is 18.2 Å². The van der Waals surface area contributed by atoms with Crippen LogP contribution >= 0.6 is 0 Å². The number of hydrogen-bond donors (Lipinski definition) is 2. The Morgan fingerprint density at radius 1 is 1.17 bits per heavy atom. The van der Waals surface area contributed by atoms with Crippen molar-refractivity contribution in [3.05, 3.63) is 30.0 Å². The third kappa shape index (κ3) is 3.55. The first-order chi connectivity index (χ1) is 11.1. The van der Waals surface area contributed by atoms with E-state index in [2.05, 4.69) is 5.32 Å². The zero-order valence-corrected chi connectivity index (χ0v) is 13.1. The van der Waals surface area contributed by atoms with Gasteiger partial charge in [-0.25, -0.2) is 0 Å². The van der Waals surface area contributed by atoms with Crippen LogP contribution in [0.4, 0.5) is 5.69 Å². The van der Waals surface area contributed by atoms with Crippen LogP contribution in [-0.4, -0.2) is 11.8 Å². The van der Waals surface area contributed by atoms with E-state index in [-0.39, 0.29) is 11.7 Å². The lowest BCUT2D eigenvalue weighted by atomic mass is 9.86. The smallest absolute Gasteiger partial charge is 0.286 e. The summed E-state index contributed by atoms with van der Waals surface area (Å²) < 4.78 is 5.47. The van der Waals surface area contributed by atoms with Crippen molar-refractivity contribution in [3.63, 3.8) is 0 Å². The average molecular weight is 314 g/mol. The summed E-state index contributed by atoms with van der Waals surface area (Å²) in [5, 5.41) is 3.52. The normalized spacial score (nSPS) is 15.7. The molecule has 0 radical (unpaired) electrons. The number of furan rings is 1. The van der Waals surface area contributed by atoms with Crippen molar-refractivity contribution in [2.24, 2.45) is 11.7 Å². The molecule has 5 nitrogen and oxygen atoms in total. The van der Waals surface area contributed by atoms with Gasteiger partial charge in [0, 0.05) is 11.8 Å². The van der Waals surface area contributed by atoms with Gasteiger partial charge >= 0.3 is 0 Å². The summed E-state index contributed by atoms with van der Waals surface area (Å²) in [6.07, 6.45) is 7.64. The average Bonchev–Trinajstić information content (AvgIpc) is 2.93. The predicted octanol–water partition coefficient (Wildman–Crippen LogP) is 3.83. The number of hydrogen-bond acceptors (Lipinski definition) is 3. The van der Waals surface area contributed by atoms with Crippen LogP contribution in [0, 0.1) is 5.92 Å². The molecule has 1 aromatic heterocycles. The highest BCUT2D eigenvalue weighted by molar-refractivity contribution is 6.10. The van der Waals surface area contributed by atoms with Gasteiger partial charge in [-0.15, -0.1) is 0 Å². The standard InChI is InChI=1S/C18H22N2O3/c19-18(22)17-16(13-8-4-5-9-14(13)23-17)20-15(21)11-10-12-6-2-1-3-7-12/h4-5,8-9,12H,1-3,6-7,10-11H2,(H2,19,22)(H,20,21). The van der Waals surface area contributed by atoms with Gasteiger partial charge in [0.05, 0.1) is 0 Å². The number of primary amides is 1. The first-order valence-corrected chi connectivity index (χ1v) is 8.26. The molecule has 0 spiro atoms.